The maximum atomic E-state index is 11.3. The first kappa shape index (κ1) is 13.3. The van der Waals surface area contributed by atoms with Crippen molar-refractivity contribution in [3.63, 3.8) is 0 Å². The Balaban J connectivity index is 1.97. The summed E-state index contributed by atoms with van der Waals surface area (Å²) in [5.74, 6) is -0.861. The maximum Gasteiger partial charge on any atom is 0.311 e. The van der Waals surface area contributed by atoms with Gasteiger partial charge in [0.25, 0.3) is 0 Å². The van der Waals surface area contributed by atoms with Gasteiger partial charge in [-0.05, 0) is 37.1 Å². The Kier molecular flexibility index (Phi) is 2.97. The summed E-state index contributed by atoms with van der Waals surface area (Å²) in [6, 6.07) is 6.53. The van der Waals surface area contributed by atoms with Gasteiger partial charge in [0.15, 0.2) is 0 Å². The van der Waals surface area contributed by atoms with E-state index in [4.69, 9.17) is 5.11 Å². The second kappa shape index (κ2) is 4.69. The summed E-state index contributed by atoms with van der Waals surface area (Å²) >= 11 is 0. The number of anilines is 1. The summed E-state index contributed by atoms with van der Waals surface area (Å²) in [5.41, 5.74) is 0.0153. The van der Waals surface area contributed by atoms with Crippen LogP contribution in [0.4, 0.5) is 11.4 Å². The van der Waals surface area contributed by atoms with Gasteiger partial charge in [-0.25, -0.2) is 0 Å². The van der Waals surface area contributed by atoms with Gasteiger partial charge in [0.2, 0.25) is 0 Å². The molecule has 0 radical (unpaired) electrons. The molecule has 1 fully saturated rings. The number of nitro benzene ring substituents is 1. The van der Waals surface area contributed by atoms with Crippen LogP contribution in [-0.4, -0.2) is 27.5 Å². The molecule has 0 unspecified atom stereocenters. The molecule has 7 heteroatoms. The zero-order valence-electron chi connectivity index (χ0n) is 11.1. The molecular formula is C14H13N3O4. The molecule has 1 aliphatic carbocycles. The van der Waals surface area contributed by atoms with Crippen molar-refractivity contribution in [1.82, 2.24) is 4.98 Å². The lowest BCUT2D eigenvalue weighted by Crippen LogP contribution is -2.24. The molecule has 7 nitrogen and oxygen atoms in total. The first-order valence-electron chi connectivity index (χ1n) is 6.53. The van der Waals surface area contributed by atoms with Gasteiger partial charge in [-0.1, -0.05) is 0 Å². The normalized spacial score (nSPS) is 15.6. The van der Waals surface area contributed by atoms with Crippen molar-refractivity contribution < 1.29 is 14.8 Å². The Morgan fingerprint density at radius 2 is 2.19 bits per heavy atom. The average Bonchev–Trinajstić information content (AvgIpc) is 3.25. The van der Waals surface area contributed by atoms with Gasteiger partial charge in [-0.2, -0.15) is 0 Å². The number of aliphatic carboxylic acids is 1. The lowest BCUT2D eigenvalue weighted by atomic mass is 10.1. The molecule has 2 N–H and O–H groups in total. The molecule has 0 amide bonds. The van der Waals surface area contributed by atoms with Crippen LogP contribution in [0.1, 0.15) is 12.8 Å². The standard InChI is InChI=1S/C14H13N3O4/c18-13(19)14(5-6-14)8-16-11-4-3-10-9(2-1-7-15-10)12(11)17(20)21/h1-4,7,16H,5-6,8H2,(H,18,19). The minimum absolute atomic E-state index is 0.0678. The fraction of sp³-hybridized carbons (Fsp3) is 0.286. The van der Waals surface area contributed by atoms with Gasteiger partial charge >= 0.3 is 11.7 Å². The SMILES string of the molecule is O=C(O)C1(CNc2ccc3ncccc3c2[N+](=O)[O-])CC1. The van der Waals surface area contributed by atoms with E-state index in [9.17, 15) is 14.9 Å². The van der Waals surface area contributed by atoms with Gasteiger partial charge in [0.1, 0.15) is 5.69 Å². The lowest BCUT2D eigenvalue weighted by Gasteiger charge is -2.13. The first-order chi connectivity index (χ1) is 10.0. The van der Waals surface area contributed by atoms with E-state index in [1.807, 2.05) is 0 Å². The molecule has 0 atom stereocenters. The van der Waals surface area contributed by atoms with E-state index in [2.05, 4.69) is 10.3 Å². The van der Waals surface area contributed by atoms with E-state index < -0.39 is 16.3 Å². The molecule has 0 aliphatic heterocycles. The number of fused-ring (bicyclic) bond motifs is 1. The number of aromatic nitrogens is 1. The Labute approximate surface area is 119 Å². The topological polar surface area (TPSA) is 105 Å². The van der Waals surface area contributed by atoms with Crippen LogP contribution in [0, 0.1) is 15.5 Å². The first-order valence-corrected chi connectivity index (χ1v) is 6.53. The molecule has 0 spiro atoms. The molecule has 1 aliphatic rings. The number of nitrogens with zero attached hydrogens (tertiary/aromatic N) is 2. The minimum Gasteiger partial charge on any atom is -0.481 e. The van der Waals surface area contributed by atoms with Crippen LogP contribution in [-0.2, 0) is 4.79 Å². The van der Waals surface area contributed by atoms with Gasteiger partial charge in [0.05, 0.1) is 21.2 Å². The summed E-state index contributed by atoms with van der Waals surface area (Å²) in [4.78, 5) is 26.1. The highest BCUT2D eigenvalue weighted by molar-refractivity contribution is 5.94. The highest BCUT2D eigenvalue weighted by atomic mass is 16.6. The summed E-state index contributed by atoms with van der Waals surface area (Å²) < 4.78 is 0. The number of benzene rings is 1. The van der Waals surface area contributed by atoms with Gasteiger partial charge < -0.3 is 10.4 Å². The van der Waals surface area contributed by atoms with Crippen molar-refractivity contribution >= 4 is 28.2 Å². The van der Waals surface area contributed by atoms with Crippen LogP contribution in [0.25, 0.3) is 10.9 Å². The van der Waals surface area contributed by atoms with Crippen LogP contribution in [0.15, 0.2) is 30.5 Å². The molecule has 108 valence electrons. The van der Waals surface area contributed by atoms with Gasteiger partial charge in [0, 0.05) is 12.7 Å². The van der Waals surface area contributed by atoms with Crippen LogP contribution in [0.2, 0.25) is 0 Å². The second-order valence-electron chi connectivity index (χ2n) is 5.23. The number of carboxylic acids is 1. The molecule has 1 saturated carbocycles. The zero-order chi connectivity index (χ0) is 15.0. The average molecular weight is 287 g/mol. The van der Waals surface area contributed by atoms with Crippen molar-refractivity contribution in [2.24, 2.45) is 5.41 Å². The van der Waals surface area contributed by atoms with E-state index in [0.717, 1.165) is 0 Å². The van der Waals surface area contributed by atoms with E-state index in [1.54, 1.807) is 30.5 Å². The molecule has 0 bridgehead atoms. The number of carbonyl (C=O) groups is 1. The molecule has 1 aromatic heterocycles. The van der Waals surface area contributed by atoms with Crippen LogP contribution >= 0.6 is 0 Å². The van der Waals surface area contributed by atoms with Crippen molar-refractivity contribution in [1.29, 1.82) is 0 Å². The Morgan fingerprint density at radius 3 is 2.81 bits per heavy atom. The number of pyridine rings is 1. The summed E-state index contributed by atoms with van der Waals surface area (Å²) in [7, 11) is 0. The molecule has 21 heavy (non-hydrogen) atoms. The molecule has 0 saturated heterocycles. The van der Waals surface area contributed by atoms with Gasteiger partial charge in [-0.15, -0.1) is 0 Å². The van der Waals surface area contributed by atoms with E-state index in [-0.39, 0.29) is 12.2 Å². The van der Waals surface area contributed by atoms with E-state index >= 15 is 0 Å². The quantitative estimate of drug-likeness (QED) is 0.646. The molecule has 3 rings (SSSR count). The largest absolute Gasteiger partial charge is 0.481 e. The predicted molar refractivity (Wildman–Crippen MR) is 76.2 cm³/mol. The monoisotopic (exact) mass is 287 g/mol. The third-order valence-corrected chi connectivity index (χ3v) is 3.86. The minimum atomic E-state index is -0.861. The summed E-state index contributed by atoms with van der Waals surface area (Å²) in [6.07, 6.45) is 2.76. The van der Waals surface area contributed by atoms with Crippen molar-refractivity contribution in [2.75, 3.05) is 11.9 Å². The van der Waals surface area contributed by atoms with E-state index in [1.165, 1.54) is 0 Å². The van der Waals surface area contributed by atoms with Crippen molar-refractivity contribution in [3.05, 3.63) is 40.6 Å². The predicted octanol–water partition coefficient (Wildman–Crippen LogP) is 2.42. The number of hydrogen-bond donors (Lipinski definition) is 2. The van der Waals surface area contributed by atoms with Crippen LogP contribution in [0.5, 0.6) is 0 Å². The highest BCUT2D eigenvalue weighted by Gasteiger charge is 2.50. The van der Waals surface area contributed by atoms with Crippen molar-refractivity contribution in [2.45, 2.75) is 12.8 Å². The Hall–Kier alpha value is -2.70. The van der Waals surface area contributed by atoms with Crippen LogP contribution in [0.3, 0.4) is 0 Å². The molecule has 1 heterocycles. The summed E-state index contributed by atoms with van der Waals surface area (Å²) in [5, 5.41) is 23.8. The number of nitro groups is 1. The number of hydrogen-bond acceptors (Lipinski definition) is 5. The molecule has 2 aromatic rings. The third kappa shape index (κ3) is 2.26. The smallest absolute Gasteiger partial charge is 0.311 e. The number of rotatable bonds is 5. The van der Waals surface area contributed by atoms with Gasteiger partial charge in [-0.3, -0.25) is 19.9 Å². The Bertz CT molecular complexity index is 740. The molecular weight excluding hydrogens is 274 g/mol. The van der Waals surface area contributed by atoms with Crippen LogP contribution < -0.4 is 5.32 Å². The fourth-order valence-corrected chi connectivity index (χ4v) is 2.36. The highest BCUT2D eigenvalue weighted by Crippen LogP contribution is 2.46. The summed E-state index contributed by atoms with van der Waals surface area (Å²) in [6.45, 7) is 0.189. The zero-order valence-corrected chi connectivity index (χ0v) is 11.1. The second-order valence-corrected chi connectivity index (χ2v) is 5.23. The van der Waals surface area contributed by atoms with Crippen molar-refractivity contribution in [3.8, 4) is 0 Å². The van der Waals surface area contributed by atoms with E-state index in [0.29, 0.717) is 29.4 Å². The number of nitrogens with one attached hydrogen (secondary N) is 1. The Morgan fingerprint density at radius 1 is 1.43 bits per heavy atom. The third-order valence-electron chi connectivity index (χ3n) is 3.86. The maximum absolute atomic E-state index is 11.3. The fourth-order valence-electron chi connectivity index (χ4n) is 2.36. The lowest BCUT2D eigenvalue weighted by molar-refractivity contribution is -0.382. The number of carboxylic acid groups (broad SMARTS) is 1. The molecule has 1 aromatic carbocycles.